The second-order valence-electron chi connectivity index (χ2n) is 5.16. The van der Waals surface area contributed by atoms with Gasteiger partial charge in [0.2, 0.25) is 0 Å². The molecule has 0 atom stereocenters. The topological polar surface area (TPSA) is 49.3 Å². The first-order valence-corrected chi connectivity index (χ1v) is 7.32. The number of hydrogen-bond acceptors (Lipinski definition) is 3. The molecular formula is C13H25IN4S. The lowest BCUT2D eigenvalue weighted by atomic mass is 10.1. The summed E-state index contributed by atoms with van der Waals surface area (Å²) in [5, 5.41) is 9.87. The Balaban J connectivity index is 0.00000324. The van der Waals surface area contributed by atoms with Crippen molar-refractivity contribution in [2.45, 2.75) is 53.1 Å². The summed E-state index contributed by atoms with van der Waals surface area (Å²) in [5.74, 6) is 0.844. The van der Waals surface area contributed by atoms with Crippen molar-refractivity contribution in [3.05, 3.63) is 16.1 Å². The van der Waals surface area contributed by atoms with Crippen molar-refractivity contribution in [3.63, 3.8) is 0 Å². The molecule has 0 aliphatic carbocycles. The van der Waals surface area contributed by atoms with E-state index in [4.69, 9.17) is 0 Å². The molecule has 1 heterocycles. The van der Waals surface area contributed by atoms with Crippen molar-refractivity contribution in [1.82, 2.24) is 15.6 Å². The fourth-order valence-electron chi connectivity index (χ4n) is 1.41. The second-order valence-corrected chi connectivity index (χ2v) is 6.10. The lowest BCUT2D eigenvalue weighted by molar-refractivity contribution is 0.501. The summed E-state index contributed by atoms with van der Waals surface area (Å²) in [4.78, 5) is 9.07. The maximum absolute atomic E-state index is 4.56. The zero-order valence-corrected chi connectivity index (χ0v) is 15.6. The van der Waals surface area contributed by atoms with Gasteiger partial charge < -0.3 is 10.6 Å². The van der Waals surface area contributed by atoms with Gasteiger partial charge in [-0.05, 0) is 34.1 Å². The van der Waals surface area contributed by atoms with Gasteiger partial charge in [0, 0.05) is 17.5 Å². The third-order valence-electron chi connectivity index (χ3n) is 2.14. The number of nitrogens with zero attached hydrogens (tertiary/aromatic N) is 2. The monoisotopic (exact) mass is 396 g/mol. The van der Waals surface area contributed by atoms with E-state index >= 15 is 0 Å². The van der Waals surface area contributed by atoms with Crippen LogP contribution in [0.1, 0.15) is 45.3 Å². The van der Waals surface area contributed by atoms with Crippen molar-refractivity contribution in [1.29, 1.82) is 0 Å². The van der Waals surface area contributed by atoms with Crippen LogP contribution in [-0.4, -0.2) is 23.0 Å². The lowest BCUT2D eigenvalue weighted by Crippen LogP contribution is -2.47. The molecule has 110 valence electrons. The number of halogens is 1. The fraction of sp³-hybridized carbons (Fsp3) is 0.692. The van der Waals surface area contributed by atoms with Gasteiger partial charge in [0.05, 0.1) is 17.2 Å². The average Bonchev–Trinajstić information content (AvgIpc) is 2.72. The number of aryl methyl sites for hydroxylation is 1. The number of thiazole rings is 1. The number of guanidine groups is 1. The normalized spacial score (nSPS) is 11.9. The molecule has 0 spiro atoms. The van der Waals surface area contributed by atoms with Gasteiger partial charge in [-0.2, -0.15) is 0 Å². The molecule has 0 aromatic carbocycles. The van der Waals surface area contributed by atoms with Crippen LogP contribution in [0.25, 0.3) is 0 Å². The largest absolute Gasteiger partial charge is 0.357 e. The number of aliphatic imine (C=N–C) groups is 1. The van der Waals surface area contributed by atoms with E-state index in [0.717, 1.165) is 24.6 Å². The van der Waals surface area contributed by atoms with Gasteiger partial charge in [-0.3, -0.25) is 0 Å². The van der Waals surface area contributed by atoms with Crippen molar-refractivity contribution in [2.24, 2.45) is 4.99 Å². The van der Waals surface area contributed by atoms with Gasteiger partial charge >= 0.3 is 0 Å². The average molecular weight is 396 g/mol. The third-order valence-corrected chi connectivity index (χ3v) is 3.18. The van der Waals surface area contributed by atoms with Crippen LogP contribution in [0.4, 0.5) is 0 Å². The van der Waals surface area contributed by atoms with Crippen LogP contribution in [0.5, 0.6) is 0 Å². The molecule has 0 unspecified atom stereocenters. The molecule has 0 fully saturated rings. The summed E-state index contributed by atoms with van der Waals surface area (Å²) in [6.07, 6.45) is 0.995. The number of hydrogen-bond donors (Lipinski definition) is 2. The molecule has 0 saturated carbocycles. The number of rotatable bonds is 4. The van der Waals surface area contributed by atoms with Crippen LogP contribution >= 0.6 is 35.3 Å². The summed E-state index contributed by atoms with van der Waals surface area (Å²) < 4.78 is 0. The number of nitrogens with one attached hydrogen (secondary N) is 2. The minimum atomic E-state index is 0. The highest BCUT2D eigenvalue weighted by molar-refractivity contribution is 14.0. The van der Waals surface area contributed by atoms with Gasteiger partial charge in [0.15, 0.2) is 5.96 Å². The van der Waals surface area contributed by atoms with E-state index in [9.17, 15) is 0 Å². The third kappa shape index (κ3) is 7.71. The predicted molar refractivity (Wildman–Crippen MR) is 94.6 cm³/mol. The number of aromatic nitrogens is 1. The summed E-state index contributed by atoms with van der Waals surface area (Å²) >= 11 is 1.71. The van der Waals surface area contributed by atoms with E-state index in [0.29, 0.717) is 6.54 Å². The van der Waals surface area contributed by atoms with Gasteiger partial charge in [-0.1, -0.05) is 6.92 Å². The summed E-state index contributed by atoms with van der Waals surface area (Å²) in [5.41, 5.74) is 1.06. The molecule has 0 saturated heterocycles. The van der Waals surface area contributed by atoms with Crippen molar-refractivity contribution in [3.8, 4) is 0 Å². The fourth-order valence-corrected chi connectivity index (χ4v) is 2.14. The van der Waals surface area contributed by atoms with E-state index in [2.05, 4.69) is 60.6 Å². The van der Waals surface area contributed by atoms with Crippen molar-refractivity contribution < 1.29 is 0 Å². The van der Waals surface area contributed by atoms with E-state index in [-0.39, 0.29) is 29.5 Å². The van der Waals surface area contributed by atoms with Gasteiger partial charge in [0.1, 0.15) is 0 Å². The molecule has 0 amide bonds. The first-order valence-electron chi connectivity index (χ1n) is 6.44. The molecule has 0 aliphatic heterocycles. The SMILES string of the molecule is CCNC(=NCc1csc(CC)n1)NC(C)(C)C.I. The van der Waals surface area contributed by atoms with Gasteiger partial charge in [-0.15, -0.1) is 35.3 Å². The maximum Gasteiger partial charge on any atom is 0.192 e. The molecular weight excluding hydrogens is 371 g/mol. The van der Waals surface area contributed by atoms with Crippen molar-refractivity contribution in [2.75, 3.05) is 6.54 Å². The Kier molecular flexibility index (Phi) is 8.56. The Morgan fingerprint density at radius 3 is 2.53 bits per heavy atom. The van der Waals surface area contributed by atoms with Gasteiger partial charge in [-0.25, -0.2) is 9.98 Å². The predicted octanol–water partition coefficient (Wildman–Crippen LogP) is 3.18. The van der Waals surface area contributed by atoms with Crippen LogP contribution in [0.15, 0.2) is 10.4 Å². The Bertz CT molecular complexity index is 396. The van der Waals surface area contributed by atoms with E-state index in [1.807, 2.05) is 0 Å². The first-order chi connectivity index (χ1) is 8.44. The molecule has 1 rings (SSSR count). The van der Waals surface area contributed by atoms with Crippen LogP contribution in [0.3, 0.4) is 0 Å². The quantitative estimate of drug-likeness (QED) is 0.467. The standard InChI is InChI=1S/C13H24N4S.HI/c1-6-11-16-10(9-18-11)8-15-12(14-7-2)17-13(3,4)5;/h9H,6-8H2,1-5H3,(H2,14,15,17);1H. The van der Waals surface area contributed by atoms with E-state index in [1.54, 1.807) is 11.3 Å². The highest BCUT2D eigenvalue weighted by Crippen LogP contribution is 2.11. The van der Waals surface area contributed by atoms with Crippen LogP contribution in [0.2, 0.25) is 0 Å². The maximum atomic E-state index is 4.56. The van der Waals surface area contributed by atoms with Gasteiger partial charge in [0.25, 0.3) is 0 Å². The van der Waals surface area contributed by atoms with Crippen molar-refractivity contribution >= 4 is 41.3 Å². The second kappa shape index (κ2) is 8.73. The molecule has 1 aromatic heterocycles. The van der Waals surface area contributed by atoms with Crippen LogP contribution < -0.4 is 10.6 Å². The zero-order chi connectivity index (χ0) is 13.6. The lowest BCUT2D eigenvalue weighted by Gasteiger charge is -2.23. The van der Waals surface area contributed by atoms with Crippen LogP contribution in [-0.2, 0) is 13.0 Å². The van der Waals surface area contributed by atoms with E-state index in [1.165, 1.54) is 5.01 Å². The molecule has 1 aromatic rings. The molecule has 2 N–H and O–H groups in total. The highest BCUT2D eigenvalue weighted by Gasteiger charge is 2.11. The summed E-state index contributed by atoms with van der Waals surface area (Å²) in [6, 6.07) is 0. The molecule has 19 heavy (non-hydrogen) atoms. The Morgan fingerprint density at radius 2 is 2.05 bits per heavy atom. The van der Waals surface area contributed by atoms with Crippen LogP contribution in [0, 0.1) is 0 Å². The molecule has 0 bridgehead atoms. The summed E-state index contributed by atoms with van der Waals surface area (Å²) in [7, 11) is 0. The minimum Gasteiger partial charge on any atom is -0.357 e. The highest BCUT2D eigenvalue weighted by atomic mass is 127. The molecule has 0 aliphatic rings. The summed E-state index contributed by atoms with van der Waals surface area (Å²) in [6.45, 7) is 12.0. The zero-order valence-electron chi connectivity index (χ0n) is 12.4. The Hall–Kier alpha value is -0.370. The Labute approximate surface area is 137 Å². The minimum absolute atomic E-state index is 0. The van der Waals surface area contributed by atoms with E-state index < -0.39 is 0 Å². The molecule has 4 nitrogen and oxygen atoms in total. The molecule has 6 heteroatoms. The smallest absolute Gasteiger partial charge is 0.192 e. The first kappa shape index (κ1) is 18.6. The molecule has 0 radical (unpaired) electrons. The Morgan fingerprint density at radius 1 is 1.37 bits per heavy atom.